The Morgan fingerprint density at radius 3 is 2.76 bits per heavy atom. The van der Waals surface area contributed by atoms with E-state index in [4.69, 9.17) is 4.74 Å². The number of ether oxygens (including phenoxy) is 1. The monoisotopic (exact) mass is 247 g/mol. The molecule has 1 heterocycles. The first-order valence-corrected chi connectivity index (χ1v) is 5.60. The Bertz CT molecular complexity index is 341. The normalized spacial score (nSPS) is 13.3. The van der Waals surface area contributed by atoms with Gasteiger partial charge in [0.2, 0.25) is 0 Å². The van der Waals surface area contributed by atoms with E-state index < -0.39 is 13.0 Å². The van der Waals surface area contributed by atoms with E-state index >= 15 is 0 Å². The maximum atomic E-state index is 11.8. The Balaban J connectivity index is 2.25. The highest BCUT2D eigenvalue weighted by Gasteiger charge is 2.10. The van der Waals surface area contributed by atoms with Crippen LogP contribution < -0.4 is 5.32 Å². The molecule has 4 nitrogen and oxygen atoms in total. The molecule has 98 valence electrons. The van der Waals surface area contributed by atoms with Crippen molar-refractivity contribution in [3.63, 3.8) is 0 Å². The summed E-state index contributed by atoms with van der Waals surface area (Å²) < 4.78 is 30.1. The highest BCUT2D eigenvalue weighted by molar-refractivity contribution is 5.19. The molecule has 1 aromatic rings. The smallest absolute Gasteiger partial charge is 0.261 e. The summed E-state index contributed by atoms with van der Waals surface area (Å²) in [6.07, 6.45) is -0.444. The van der Waals surface area contributed by atoms with Crippen molar-refractivity contribution in [1.82, 2.24) is 15.1 Å². The molecule has 0 aliphatic rings. The molecular weight excluding hydrogens is 228 g/mol. The first kappa shape index (κ1) is 14.1. The average Bonchev–Trinajstić information content (AvgIpc) is 2.56. The van der Waals surface area contributed by atoms with Crippen molar-refractivity contribution < 1.29 is 13.5 Å². The summed E-state index contributed by atoms with van der Waals surface area (Å²) in [5.74, 6) is 0. The summed E-state index contributed by atoms with van der Waals surface area (Å²) in [6.45, 7) is 4.29. The minimum absolute atomic E-state index is 0.138. The molecule has 1 aromatic heterocycles. The van der Waals surface area contributed by atoms with Crippen molar-refractivity contribution >= 4 is 0 Å². The maximum absolute atomic E-state index is 11.8. The third-order valence-electron chi connectivity index (χ3n) is 2.46. The Morgan fingerprint density at radius 1 is 1.53 bits per heavy atom. The predicted octanol–water partition coefficient (Wildman–Crippen LogP) is 1.66. The number of hydrogen-bond acceptors (Lipinski definition) is 3. The number of halogens is 2. The van der Waals surface area contributed by atoms with Crippen LogP contribution in [0.3, 0.4) is 0 Å². The van der Waals surface area contributed by atoms with Gasteiger partial charge in [-0.25, -0.2) is 8.78 Å². The van der Waals surface area contributed by atoms with Gasteiger partial charge in [-0.15, -0.1) is 0 Å². The van der Waals surface area contributed by atoms with Crippen LogP contribution in [0.25, 0.3) is 0 Å². The first-order valence-electron chi connectivity index (χ1n) is 5.60. The number of hydrogen-bond donors (Lipinski definition) is 1. The molecule has 17 heavy (non-hydrogen) atoms. The van der Waals surface area contributed by atoms with Crippen LogP contribution in [-0.4, -0.2) is 36.0 Å². The van der Waals surface area contributed by atoms with Gasteiger partial charge in [0.25, 0.3) is 6.43 Å². The van der Waals surface area contributed by atoms with E-state index in [0.29, 0.717) is 6.54 Å². The van der Waals surface area contributed by atoms with E-state index in [9.17, 15) is 8.78 Å². The molecule has 0 amide bonds. The number of nitrogens with one attached hydrogen (secondary N) is 1. The molecule has 6 heteroatoms. The summed E-state index contributed by atoms with van der Waals surface area (Å²) in [7, 11) is 1.87. The van der Waals surface area contributed by atoms with Crippen LogP contribution in [0.5, 0.6) is 0 Å². The lowest BCUT2D eigenvalue weighted by Gasteiger charge is -2.13. The van der Waals surface area contributed by atoms with Gasteiger partial charge in [-0.2, -0.15) is 5.10 Å². The number of aryl methyl sites for hydroxylation is 2. The summed E-state index contributed by atoms with van der Waals surface area (Å²) in [6, 6.07) is 0.138. The lowest BCUT2D eigenvalue weighted by molar-refractivity contribution is 0.0183. The largest absolute Gasteiger partial charge is 0.374 e. The molecule has 1 atom stereocenters. The maximum Gasteiger partial charge on any atom is 0.261 e. The van der Waals surface area contributed by atoms with Gasteiger partial charge in [-0.1, -0.05) is 0 Å². The second-order valence-electron chi connectivity index (χ2n) is 3.99. The van der Waals surface area contributed by atoms with E-state index in [1.165, 1.54) is 0 Å². The predicted molar refractivity (Wildman–Crippen MR) is 61.2 cm³/mol. The molecule has 0 aromatic carbocycles. The van der Waals surface area contributed by atoms with Crippen molar-refractivity contribution in [3.05, 3.63) is 17.5 Å². The molecule has 0 bridgehead atoms. The van der Waals surface area contributed by atoms with Crippen LogP contribution in [0.2, 0.25) is 0 Å². The summed E-state index contributed by atoms with van der Waals surface area (Å²) in [5, 5.41) is 7.45. The SMILES string of the molecule is Cc1nn(C)cc1C(C)NCCOCC(F)F. The molecular formula is C11H19F2N3O. The first-order chi connectivity index (χ1) is 8.00. The zero-order valence-corrected chi connectivity index (χ0v) is 10.4. The van der Waals surface area contributed by atoms with Crippen LogP contribution in [0, 0.1) is 6.92 Å². The molecule has 0 aliphatic carbocycles. The summed E-state index contributed by atoms with van der Waals surface area (Å²) in [4.78, 5) is 0. The van der Waals surface area contributed by atoms with Crippen molar-refractivity contribution in [3.8, 4) is 0 Å². The minimum atomic E-state index is -2.40. The Hall–Kier alpha value is -1.01. The van der Waals surface area contributed by atoms with Gasteiger partial charge in [-0.05, 0) is 13.8 Å². The number of aromatic nitrogens is 2. The fourth-order valence-corrected chi connectivity index (χ4v) is 1.67. The molecule has 0 saturated carbocycles. The van der Waals surface area contributed by atoms with Gasteiger partial charge in [0.1, 0.15) is 6.61 Å². The molecule has 0 radical (unpaired) electrons. The molecule has 1 N–H and O–H groups in total. The lowest BCUT2D eigenvalue weighted by Crippen LogP contribution is -2.24. The van der Waals surface area contributed by atoms with E-state index in [1.807, 2.05) is 27.1 Å². The second-order valence-corrected chi connectivity index (χ2v) is 3.99. The molecule has 0 aliphatic heterocycles. The minimum Gasteiger partial charge on any atom is -0.374 e. The van der Waals surface area contributed by atoms with Gasteiger partial charge in [-0.3, -0.25) is 4.68 Å². The number of nitrogens with zero attached hydrogens (tertiary/aromatic N) is 2. The van der Waals surface area contributed by atoms with Crippen LogP contribution in [0.4, 0.5) is 8.78 Å². The Kier molecular flexibility index (Phi) is 5.50. The number of alkyl halides is 2. The van der Waals surface area contributed by atoms with Crippen molar-refractivity contribution in [2.24, 2.45) is 7.05 Å². The van der Waals surface area contributed by atoms with Crippen LogP contribution in [0.15, 0.2) is 6.20 Å². The van der Waals surface area contributed by atoms with Crippen LogP contribution in [0.1, 0.15) is 24.2 Å². The molecule has 1 rings (SSSR count). The van der Waals surface area contributed by atoms with E-state index in [0.717, 1.165) is 11.3 Å². The summed E-state index contributed by atoms with van der Waals surface area (Å²) >= 11 is 0. The zero-order valence-electron chi connectivity index (χ0n) is 10.4. The molecule has 1 unspecified atom stereocenters. The van der Waals surface area contributed by atoms with Crippen molar-refractivity contribution in [1.29, 1.82) is 0 Å². The fraction of sp³-hybridized carbons (Fsp3) is 0.727. The van der Waals surface area contributed by atoms with Gasteiger partial charge in [0.05, 0.1) is 12.3 Å². The quantitative estimate of drug-likeness (QED) is 0.745. The van der Waals surface area contributed by atoms with Gasteiger partial charge in [0, 0.05) is 31.4 Å². The highest BCUT2D eigenvalue weighted by atomic mass is 19.3. The van der Waals surface area contributed by atoms with E-state index in [-0.39, 0.29) is 12.6 Å². The zero-order chi connectivity index (χ0) is 12.8. The van der Waals surface area contributed by atoms with Gasteiger partial charge in [0.15, 0.2) is 0 Å². The Labute approximate surface area is 100.0 Å². The van der Waals surface area contributed by atoms with Crippen LogP contribution in [-0.2, 0) is 11.8 Å². The highest BCUT2D eigenvalue weighted by Crippen LogP contribution is 2.14. The van der Waals surface area contributed by atoms with Crippen molar-refractivity contribution in [2.75, 3.05) is 19.8 Å². The average molecular weight is 247 g/mol. The van der Waals surface area contributed by atoms with E-state index in [1.54, 1.807) is 4.68 Å². The van der Waals surface area contributed by atoms with Crippen molar-refractivity contribution in [2.45, 2.75) is 26.3 Å². The second kappa shape index (κ2) is 6.66. The summed E-state index contributed by atoms with van der Waals surface area (Å²) in [5.41, 5.74) is 2.09. The van der Waals surface area contributed by atoms with E-state index in [2.05, 4.69) is 10.4 Å². The lowest BCUT2D eigenvalue weighted by atomic mass is 10.1. The topological polar surface area (TPSA) is 39.1 Å². The molecule has 0 spiro atoms. The standard InChI is InChI=1S/C11H19F2N3O/c1-8(10-6-16(3)15-9(10)2)14-4-5-17-7-11(12)13/h6,8,11,14H,4-5,7H2,1-3H3. The number of rotatable bonds is 7. The third-order valence-corrected chi connectivity index (χ3v) is 2.46. The molecule has 0 saturated heterocycles. The fourth-order valence-electron chi connectivity index (χ4n) is 1.67. The van der Waals surface area contributed by atoms with Gasteiger partial charge < -0.3 is 10.1 Å². The third kappa shape index (κ3) is 4.79. The Morgan fingerprint density at radius 2 is 2.24 bits per heavy atom. The van der Waals surface area contributed by atoms with Gasteiger partial charge >= 0.3 is 0 Å². The van der Waals surface area contributed by atoms with Crippen LogP contribution >= 0.6 is 0 Å². The molecule has 0 fully saturated rings.